The minimum atomic E-state index is -0.337. The SMILES string of the molecule is COC(=O)C[n+]1cccc(C(C)=O)c1.[Br-]. The number of esters is 1. The van der Waals surface area contributed by atoms with Crippen molar-refractivity contribution in [3.8, 4) is 0 Å². The van der Waals surface area contributed by atoms with Crippen LogP contribution in [0.5, 0.6) is 0 Å². The van der Waals surface area contributed by atoms with Crippen molar-refractivity contribution in [2.45, 2.75) is 13.5 Å². The molecule has 1 rings (SSSR count). The summed E-state index contributed by atoms with van der Waals surface area (Å²) in [5.74, 6) is -0.361. The third-order valence-electron chi connectivity index (χ3n) is 1.80. The number of carbonyl (C=O) groups is 2. The van der Waals surface area contributed by atoms with E-state index in [0.717, 1.165) is 0 Å². The summed E-state index contributed by atoms with van der Waals surface area (Å²) in [7, 11) is 1.33. The number of Topliss-reactive ketones (excluding diaryl/α,β-unsaturated/α-hetero) is 1. The maximum atomic E-state index is 11.0. The fraction of sp³-hybridized carbons (Fsp3) is 0.300. The first-order valence-corrected chi connectivity index (χ1v) is 4.20. The molecule has 0 spiro atoms. The predicted molar refractivity (Wildman–Crippen MR) is 48.7 cm³/mol. The first-order valence-electron chi connectivity index (χ1n) is 4.20. The Hall–Kier alpha value is -1.23. The summed E-state index contributed by atoms with van der Waals surface area (Å²) in [6.07, 6.45) is 3.34. The summed E-state index contributed by atoms with van der Waals surface area (Å²) in [4.78, 5) is 22.0. The second-order valence-electron chi connectivity index (χ2n) is 2.90. The topological polar surface area (TPSA) is 47.2 Å². The van der Waals surface area contributed by atoms with Crippen molar-refractivity contribution >= 4 is 11.8 Å². The van der Waals surface area contributed by atoms with Crippen molar-refractivity contribution in [1.82, 2.24) is 0 Å². The second kappa shape index (κ2) is 6.29. The summed E-state index contributed by atoms with van der Waals surface area (Å²) >= 11 is 0. The molecule has 0 saturated carbocycles. The van der Waals surface area contributed by atoms with E-state index in [1.54, 1.807) is 29.1 Å². The van der Waals surface area contributed by atoms with Gasteiger partial charge in [0.2, 0.25) is 6.54 Å². The molecule has 1 heterocycles. The van der Waals surface area contributed by atoms with E-state index in [2.05, 4.69) is 4.74 Å². The van der Waals surface area contributed by atoms with Crippen LogP contribution in [0.25, 0.3) is 0 Å². The molecule has 5 heteroatoms. The number of methoxy groups -OCH3 is 1. The molecule has 0 aliphatic heterocycles. The van der Waals surface area contributed by atoms with E-state index in [9.17, 15) is 9.59 Å². The third-order valence-corrected chi connectivity index (χ3v) is 1.80. The Morgan fingerprint density at radius 1 is 1.47 bits per heavy atom. The van der Waals surface area contributed by atoms with Crippen LogP contribution in [0.15, 0.2) is 24.5 Å². The number of ether oxygens (including phenoxy) is 1. The fourth-order valence-electron chi connectivity index (χ4n) is 1.04. The molecule has 1 aromatic heterocycles. The Bertz CT molecular complexity index is 365. The van der Waals surface area contributed by atoms with Gasteiger partial charge in [0, 0.05) is 6.07 Å². The van der Waals surface area contributed by atoms with Crippen LogP contribution in [0.3, 0.4) is 0 Å². The number of carbonyl (C=O) groups excluding carboxylic acids is 2. The van der Waals surface area contributed by atoms with Gasteiger partial charge in [0.1, 0.15) is 0 Å². The highest BCUT2D eigenvalue weighted by Crippen LogP contribution is 1.94. The van der Waals surface area contributed by atoms with Crippen molar-refractivity contribution in [2.24, 2.45) is 0 Å². The van der Waals surface area contributed by atoms with Gasteiger partial charge in [-0.2, -0.15) is 4.57 Å². The largest absolute Gasteiger partial charge is 1.00 e. The number of hydrogen-bond donors (Lipinski definition) is 0. The predicted octanol–water partition coefficient (Wildman–Crippen LogP) is -2.65. The lowest BCUT2D eigenvalue weighted by atomic mass is 10.2. The van der Waals surface area contributed by atoms with Gasteiger partial charge in [-0.25, -0.2) is 4.79 Å². The van der Waals surface area contributed by atoms with Crippen LogP contribution in [0.1, 0.15) is 17.3 Å². The smallest absolute Gasteiger partial charge is 0.372 e. The number of ketones is 1. The van der Waals surface area contributed by atoms with E-state index in [-0.39, 0.29) is 35.3 Å². The van der Waals surface area contributed by atoms with Gasteiger partial charge in [-0.3, -0.25) is 4.79 Å². The van der Waals surface area contributed by atoms with Crippen LogP contribution in [-0.2, 0) is 16.1 Å². The highest BCUT2D eigenvalue weighted by Gasteiger charge is 2.10. The highest BCUT2D eigenvalue weighted by molar-refractivity contribution is 5.93. The quantitative estimate of drug-likeness (QED) is 0.344. The maximum absolute atomic E-state index is 11.0. The average Bonchev–Trinajstić information content (AvgIpc) is 2.18. The minimum Gasteiger partial charge on any atom is -1.00 e. The van der Waals surface area contributed by atoms with E-state index in [4.69, 9.17) is 0 Å². The lowest BCUT2D eigenvalue weighted by Crippen LogP contribution is -3.00. The monoisotopic (exact) mass is 273 g/mol. The van der Waals surface area contributed by atoms with Crippen LogP contribution in [-0.4, -0.2) is 18.9 Å². The van der Waals surface area contributed by atoms with Crippen molar-refractivity contribution < 1.29 is 35.9 Å². The zero-order chi connectivity index (χ0) is 10.6. The first-order chi connectivity index (χ1) is 6.63. The molecular formula is C10H12BrNO3. The minimum absolute atomic E-state index is 0. The molecule has 1 aromatic rings. The lowest BCUT2D eigenvalue weighted by Gasteiger charge is -1.96. The zero-order valence-electron chi connectivity index (χ0n) is 8.57. The number of halogens is 1. The molecule has 0 aliphatic carbocycles. The van der Waals surface area contributed by atoms with Gasteiger partial charge in [0.05, 0.1) is 12.7 Å². The van der Waals surface area contributed by atoms with Gasteiger partial charge in [-0.1, -0.05) is 0 Å². The fourth-order valence-corrected chi connectivity index (χ4v) is 1.04. The molecule has 0 radical (unpaired) electrons. The number of pyridine rings is 1. The van der Waals surface area contributed by atoms with Crippen LogP contribution in [0.2, 0.25) is 0 Å². The first kappa shape index (κ1) is 13.8. The molecule has 0 bridgehead atoms. The number of hydrogen-bond acceptors (Lipinski definition) is 3. The molecule has 0 aromatic carbocycles. The van der Waals surface area contributed by atoms with Crippen molar-refractivity contribution in [3.63, 3.8) is 0 Å². The number of aromatic nitrogens is 1. The third kappa shape index (κ3) is 4.20. The van der Waals surface area contributed by atoms with E-state index < -0.39 is 0 Å². The Balaban J connectivity index is 0.00000196. The lowest BCUT2D eigenvalue weighted by molar-refractivity contribution is -0.686. The van der Waals surface area contributed by atoms with Gasteiger partial charge in [-0.05, 0) is 13.0 Å². The van der Waals surface area contributed by atoms with Gasteiger partial charge in [0.15, 0.2) is 18.2 Å². The molecule has 0 unspecified atom stereocenters. The molecule has 0 aliphatic rings. The summed E-state index contributed by atoms with van der Waals surface area (Å²) in [6.45, 7) is 1.61. The molecule has 4 nitrogen and oxygen atoms in total. The average molecular weight is 274 g/mol. The Kier molecular flexibility index (Phi) is 5.77. The van der Waals surface area contributed by atoms with Gasteiger partial charge >= 0.3 is 5.97 Å². The second-order valence-corrected chi connectivity index (χ2v) is 2.90. The number of rotatable bonds is 3. The van der Waals surface area contributed by atoms with Gasteiger partial charge < -0.3 is 21.7 Å². The van der Waals surface area contributed by atoms with E-state index in [0.29, 0.717) is 5.56 Å². The Morgan fingerprint density at radius 2 is 2.13 bits per heavy atom. The molecule has 0 saturated heterocycles. The van der Waals surface area contributed by atoms with E-state index in [1.807, 2.05) is 0 Å². The molecule has 82 valence electrons. The van der Waals surface area contributed by atoms with E-state index >= 15 is 0 Å². The van der Waals surface area contributed by atoms with Crippen LogP contribution in [0, 0.1) is 0 Å². The summed E-state index contributed by atoms with van der Waals surface area (Å²) in [5.41, 5.74) is 0.580. The Morgan fingerprint density at radius 3 is 2.67 bits per heavy atom. The van der Waals surface area contributed by atoms with Gasteiger partial charge in [-0.15, -0.1) is 0 Å². The molecule has 0 amide bonds. The normalized spacial score (nSPS) is 8.93. The molecule has 0 fully saturated rings. The molecule has 0 N–H and O–H groups in total. The molecule has 0 atom stereocenters. The Labute approximate surface area is 98.6 Å². The van der Waals surface area contributed by atoms with Crippen molar-refractivity contribution in [3.05, 3.63) is 30.1 Å². The zero-order valence-corrected chi connectivity index (χ0v) is 10.2. The number of nitrogens with zero attached hydrogens (tertiary/aromatic N) is 1. The molecule has 15 heavy (non-hydrogen) atoms. The summed E-state index contributed by atoms with van der Waals surface area (Å²) < 4.78 is 6.12. The highest BCUT2D eigenvalue weighted by atomic mass is 79.9. The van der Waals surface area contributed by atoms with Crippen molar-refractivity contribution in [1.29, 1.82) is 0 Å². The summed E-state index contributed by atoms with van der Waals surface area (Å²) in [6, 6.07) is 3.43. The van der Waals surface area contributed by atoms with Gasteiger partial charge in [0.25, 0.3) is 0 Å². The van der Waals surface area contributed by atoms with Crippen molar-refractivity contribution in [2.75, 3.05) is 7.11 Å². The van der Waals surface area contributed by atoms with Crippen LogP contribution >= 0.6 is 0 Å². The van der Waals surface area contributed by atoms with Crippen LogP contribution < -0.4 is 21.5 Å². The van der Waals surface area contributed by atoms with Crippen LogP contribution in [0.4, 0.5) is 0 Å². The standard InChI is InChI=1S/C10H12NO3.BrH/c1-8(12)9-4-3-5-11(6-9)7-10(13)14-2;/h3-6H,7H2,1-2H3;1H/q+1;/p-1. The van der Waals surface area contributed by atoms with E-state index in [1.165, 1.54) is 14.0 Å². The summed E-state index contributed by atoms with van der Waals surface area (Å²) in [5, 5.41) is 0. The molecular weight excluding hydrogens is 262 g/mol. The maximum Gasteiger partial charge on any atom is 0.372 e.